The molecule has 1 N–H and O–H groups in total. The maximum Gasteiger partial charge on any atom is 0.344 e. The highest BCUT2D eigenvalue weighted by atomic mass is 16.6. The minimum atomic E-state index is -0.615. The molecule has 0 aromatic heterocycles. The van der Waals surface area contributed by atoms with Gasteiger partial charge in [0.05, 0.1) is 45.2 Å². The van der Waals surface area contributed by atoms with Gasteiger partial charge in [-0.1, -0.05) is 75.7 Å². The van der Waals surface area contributed by atoms with E-state index in [0.717, 1.165) is 115 Å². The standard InChI is InChI=1S/C19H32O2.C18H26O6.C16H26O3.C14H26O2.C10H20O2/c1-6-18(4,5)17(20)21-19(12(2)3)15-8-13-7-14(10-15)11-16(19)9-13;1-4-18(2,3)17(21)22-9-14(19)24-15-11-5-10-6-12(8-11)16(20)23-13(15)7-10;1-4-14(2,3)13(17)19-16-8-11-5-12(9-16)7-15(18,6-11)10-16;1-6-13(4,5)12(15)16-14(11(2)3)9-7-8-10-14;1-5-7-8-12-9(11)10(3,4)6-2/h12-16H,6-11H2,1-5H3;10-13,15H,4-9H2,1-3H3;11-12,18H,4-10H2,1-3H3;11H,6-10H2,1-5H3;5-8H2,1-4H3. The Bertz CT molecular complexity index is 2470. The number of hydrogen-bond donors (Lipinski definition) is 1. The number of aliphatic hydroxyl groups is 1. The second-order valence-electron chi connectivity index (χ2n) is 34.7. The van der Waals surface area contributed by atoms with Gasteiger partial charge in [0, 0.05) is 12.3 Å². The summed E-state index contributed by atoms with van der Waals surface area (Å²) in [6, 6.07) is 0. The number of carbonyl (C=O) groups excluding carboxylic acids is 7. The Hall–Kier alpha value is -3.75. The summed E-state index contributed by atoms with van der Waals surface area (Å²) >= 11 is 0. The lowest BCUT2D eigenvalue weighted by Crippen LogP contribution is -2.63. The molecule has 13 aliphatic rings. The molecule has 7 atom stereocenters. The summed E-state index contributed by atoms with van der Waals surface area (Å²) in [5, 5.41) is 10.6. The molecule has 13 rings (SSSR count). The number of esters is 7. The van der Waals surface area contributed by atoms with Crippen molar-refractivity contribution in [3.63, 3.8) is 0 Å². The zero-order chi connectivity index (χ0) is 68.8. The average Bonchev–Trinajstić information content (AvgIpc) is 0.923. The van der Waals surface area contributed by atoms with Crippen LogP contribution in [-0.2, 0) is 66.7 Å². The largest absolute Gasteiger partial charge is 0.465 e. The minimum Gasteiger partial charge on any atom is -0.465 e. The molecule has 0 aromatic rings. The molecule has 13 fully saturated rings. The molecule has 12 bridgehead atoms. The zero-order valence-electron chi connectivity index (χ0n) is 61.5. The van der Waals surface area contributed by atoms with Gasteiger partial charge in [-0.15, -0.1) is 0 Å². The molecular formula is C77H130O15. The van der Waals surface area contributed by atoms with Crippen molar-refractivity contribution < 1.29 is 71.8 Å². The van der Waals surface area contributed by atoms with E-state index in [9.17, 15) is 38.7 Å². The van der Waals surface area contributed by atoms with Crippen molar-refractivity contribution in [2.45, 2.75) is 340 Å². The van der Waals surface area contributed by atoms with E-state index in [2.05, 4.69) is 41.5 Å². The van der Waals surface area contributed by atoms with Crippen LogP contribution in [0.4, 0.5) is 0 Å². The van der Waals surface area contributed by atoms with Crippen molar-refractivity contribution in [2.24, 2.45) is 92.2 Å². The first-order chi connectivity index (χ1) is 42.7. The maximum absolute atomic E-state index is 12.8. The number of carbonyl (C=O) groups is 7. The van der Waals surface area contributed by atoms with Gasteiger partial charge in [-0.05, 0) is 277 Å². The third kappa shape index (κ3) is 18.3. The molecule has 7 unspecified atom stereocenters. The van der Waals surface area contributed by atoms with E-state index < -0.39 is 34.5 Å². The lowest BCUT2D eigenvalue weighted by atomic mass is 9.47. The predicted octanol–water partition coefficient (Wildman–Crippen LogP) is 16.8. The third-order valence-electron chi connectivity index (χ3n) is 25.0. The fraction of sp³-hybridized carbons (Fsp3) is 0.909. The summed E-state index contributed by atoms with van der Waals surface area (Å²) in [7, 11) is 0. The van der Waals surface area contributed by atoms with Crippen LogP contribution < -0.4 is 0 Å². The molecular weight excluding hydrogens is 1160 g/mol. The highest BCUT2D eigenvalue weighted by molar-refractivity contribution is 5.80. The van der Waals surface area contributed by atoms with Crippen LogP contribution >= 0.6 is 0 Å². The van der Waals surface area contributed by atoms with Crippen LogP contribution in [0.25, 0.3) is 0 Å². The van der Waals surface area contributed by atoms with Crippen LogP contribution in [-0.4, -0.2) is 94.7 Å². The molecule has 2 saturated heterocycles. The van der Waals surface area contributed by atoms with Crippen LogP contribution in [0.15, 0.2) is 0 Å². The topological polar surface area (TPSA) is 204 Å². The Balaban J connectivity index is 0.000000186. The van der Waals surface area contributed by atoms with Gasteiger partial charge < -0.3 is 38.3 Å². The normalized spacial score (nSPS) is 32.6. The third-order valence-corrected chi connectivity index (χ3v) is 25.0. The minimum absolute atomic E-state index is 0.0226. The first-order valence-corrected chi connectivity index (χ1v) is 36.9. The molecule has 92 heavy (non-hydrogen) atoms. The van der Waals surface area contributed by atoms with Gasteiger partial charge >= 0.3 is 41.8 Å². The average molecular weight is 1300 g/mol. The van der Waals surface area contributed by atoms with Crippen molar-refractivity contribution >= 4 is 41.8 Å². The Labute approximate surface area is 556 Å². The summed E-state index contributed by atoms with van der Waals surface area (Å²) < 4.78 is 39.5. The summed E-state index contributed by atoms with van der Waals surface area (Å²) in [5.74, 6) is 4.38. The monoisotopic (exact) mass is 1290 g/mol. The fourth-order valence-electron chi connectivity index (χ4n) is 17.3. The maximum atomic E-state index is 12.8. The molecule has 0 spiro atoms. The Morgan fingerprint density at radius 2 is 0.967 bits per heavy atom. The molecule has 11 saturated carbocycles. The van der Waals surface area contributed by atoms with Gasteiger partial charge in [-0.25, -0.2) is 4.79 Å². The Morgan fingerprint density at radius 3 is 1.42 bits per heavy atom. The van der Waals surface area contributed by atoms with Gasteiger partial charge in [-0.3, -0.25) is 28.8 Å². The van der Waals surface area contributed by atoms with E-state index in [-0.39, 0.29) is 87.4 Å². The van der Waals surface area contributed by atoms with Crippen LogP contribution in [0, 0.1) is 92.2 Å². The molecule has 11 aliphatic carbocycles. The first-order valence-electron chi connectivity index (χ1n) is 36.9. The second kappa shape index (κ2) is 30.8. The fourth-order valence-corrected chi connectivity index (χ4v) is 17.3. The second-order valence-corrected chi connectivity index (χ2v) is 34.7. The van der Waals surface area contributed by atoms with Crippen LogP contribution in [0.1, 0.15) is 305 Å². The smallest absolute Gasteiger partial charge is 0.344 e. The van der Waals surface area contributed by atoms with E-state index >= 15 is 0 Å². The molecule has 0 amide bonds. The highest BCUT2D eigenvalue weighted by Gasteiger charge is 2.62. The highest BCUT2D eigenvalue weighted by Crippen LogP contribution is 2.63. The molecule has 0 radical (unpaired) electrons. The quantitative estimate of drug-likeness (QED) is 0.0645. The lowest BCUT2D eigenvalue weighted by molar-refractivity contribution is -0.231. The number of unbranched alkanes of at least 4 members (excludes halogenated alkanes) is 1. The van der Waals surface area contributed by atoms with Crippen molar-refractivity contribution in [1.29, 1.82) is 0 Å². The van der Waals surface area contributed by atoms with Crippen molar-refractivity contribution in [3.8, 4) is 0 Å². The number of hydrogen-bond acceptors (Lipinski definition) is 15. The van der Waals surface area contributed by atoms with Crippen LogP contribution in [0.3, 0.4) is 0 Å². The zero-order valence-corrected chi connectivity index (χ0v) is 61.5. The van der Waals surface area contributed by atoms with Crippen molar-refractivity contribution in [3.05, 3.63) is 0 Å². The molecule has 15 heteroatoms. The number of ether oxygens (including phenoxy) is 7. The predicted molar refractivity (Wildman–Crippen MR) is 357 cm³/mol. The summed E-state index contributed by atoms with van der Waals surface area (Å²) in [5.41, 5.74) is -3.29. The van der Waals surface area contributed by atoms with E-state index in [4.69, 9.17) is 33.2 Å². The van der Waals surface area contributed by atoms with E-state index in [1.54, 1.807) is 13.8 Å². The van der Waals surface area contributed by atoms with Gasteiger partial charge in [0.15, 0.2) is 6.61 Å². The van der Waals surface area contributed by atoms with Crippen LogP contribution in [0.2, 0.25) is 0 Å². The molecule has 2 aliphatic heterocycles. The summed E-state index contributed by atoms with van der Waals surface area (Å²) in [4.78, 5) is 84.7. The van der Waals surface area contributed by atoms with Crippen molar-refractivity contribution in [2.75, 3.05) is 13.2 Å². The van der Waals surface area contributed by atoms with E-state index in [1.165, 1.54) is 51.4 Å². The molecule has 528 valence electrons. The molecule has 2 heterocycles. The lowest BCUT2D eigenvalue weighted by Gasteiger charge is -2.62. The van der Waals surface area contributed by atoms with Crippen LogP contribution in [0.5, 0.6) is 0 Å². The van der Waals surface area contributed by atoms with Gasteiger partial charge in [0.25, 0.3) is 0 Å². The summed E-state index contributed by atoms with van der Waals surface area (Å²) in [6.07, 6.45) is 25.3. The first kappa shape index (κ1) is 77.3. The van der Waals surface area contributed by atoms with E-state index in [1.807, 2.05) is 83.1 Å². The van der Waals surface area contributed by atoms with E-state index in [0.29, 0.717) is 60.9 Å². The SMILES string of the molecule is CCC(C)(C)C(=O)OC1(C(C)C)C2CC3CC(C2)CC1C3.CCC(C)(C)C(=O)OC1(C(C)C)CCCC1.CCC(C)(C)C(=O)OC12CC3CC(CC(O)(C3)C1)C2.CCC(C)(C)C(=O)OCC(=O)OC1C2CC3CC(C2)C(=O)OC1C3.CCCCOC(=O)C(C)(C)CC. The summed E-state index contributed by atoms with van der Waals surface area (Å²) in [6.45, 7) is 40.5. The van der Waals surface area contributed by atoms with Gasteiger partial charge in [-0.2, -0.15) is 0 Å². The van der Waals surface area contributed by atoms with Gasteiger partial charge in [0.1, 0.15) is 29.0 Å². The van der Waals surface area contributed by atoms with Crippen molar-refractivity contribution in [1.82, 2.24) is 0 Å². The molecule has 0 aromatic carbocycles. The molecule has 15 nitrogen and oxygen atoms in total. The number of rotatable bonds is 21. The Kier molecular flexibility index (Phi) is 25.8. The number of fused-ring (bicyclic) bond motifs is 1. The Morgan fingerprint density at radius 1 is 0.522 bits per heavy atom. The van der Waals surface area contributed by atoms with Gasteiger partial charge in [0.2, 0.25) is 0 Å².